The Hall–Kier alpha value is -0.380. The van der Waals surface area contributed by atoms with Crippen molar-refractivity contribution in [3.05, 3.63) is 34.3 Å². The van der Waals surface area contributed by atoms with Crippen molar-refractivity contribution < 1.29 is 4.74 Å². The topological polar surface area (TPSA) is 35.2 Å². The summed E-state index contributed by atoms with van der Waals surface area (Å²) in [6, 6.07) is 8.19. The average Bonchev–Trinajstić information content (AvgIpc) is 2.39. The summed E-state index contributed by atoms with van der Waals surface area (Å²) in [6.45, 7) is 2.86. The average molecular weight is 312 g/mol. The van der Waals surface area contributed by atoms with Crippen LogP contribution in [0.1, 0.15) is 44.3 Å². The van der Waals surface area contributed by atoms with Crippen LogP contribution in [0.15, 0.2) is 28.7 Å². The molecule has 0 saturated heterocycles. The Balaban J connectivity index is 1.99. The summed E-state index contributed by atoms with van der Waals surface area (Å²) in [5, 5.41) is 0. The molecule has 1 unspecified atom stereocenters. The Morgan fingerprint density at radius 1 is 1.28 bits per heavy atom. The van der Waals surface area contributed by atoms with E-state index in [1.807, 2.05) is 18.2 Å². The maximum atomic E-state index is 6.20. The zero-order chi connectivity index (χ0) is 13.0. The second kappa shape index (κ2) is 6.69. The Kier molecular flexibility index (Phi) is 5.22. The molecule has 1 fully saturated rings. The minimum absolute atomic E-state index is 0.0129. The van der Waals surface area contributed by atoms with Crippen LogP contribution in [-0.4, -0.2) is 12.6 Å². The molecular formula is C15H22BrNO. The fourth-order valence-corrected chi connectivity index (χ4v) is 3.13. The van der Waals surface area contributed by atoms with Crippen LogP contribution < -0.4 is 5.73 Å². The van der Waals surface area contributed by atoms with Gasteiger partial charge in [0.2, 0.25) is 0 Å². The van der Waals surface area contributed by atoms with Gasteiger partial charge in [0, 0.05) is 11.0 Å². The molecule has 1 atom stereocenters. The van der Waals surface area contributed by atoms with Crippen molar-refractivity contribution in [3.63, 3.8) is 0 Å². The molecule has 0 heterocycles. The van der Waals surface area contributed by atoms with Crippen LogP contribution in [0.25, 0.3) is 0 Å². The number of nitrogens with two attached hydrogens (primary N) is 1. The minimum Gasteiger partial charge on any atom is -0.369 e. The van der Waals surface area contributed by atoms with Gasteiger partial charge >= 0.3 is 0 Å². The van der Waals surface area contributed by atoms with Crippen LogP contribution in [0.4, 0.5) is 0 Å². The third-order valence-electron chi connectivity index (χ3n) is 3.79. The molecule has 2 N–H and O–H groups in total. The molecule has 2 nitrogen and oxygen atoms in total. The second-order valence-corrected chi connectivity index (χ2v) is 6.12. The molecule has 100 valence electrons. The molecule has 0 bridgehead atoms. The van der Waals surface area contributed by atoms with E-state index >= 15 is 0 Å². The first-order valence-corrected chi connectivity index (χ1v) is 7.60. The molecular weight excluding hydrogens is 290 g/mol. The van der Waals surface area contributed by atoms with Gasteiger partial charge in [-0.15, -0.1) is 0 Å². The summed E-state index contributed by atoms with van der Waals surface area (Å²) in [6.07, 6.45) is 5.28. The fourth-order valence-electron chi connectivity index (χ4n) is 2.59. The normalized spacial score (nSPS) is 25.9. The molecule has 2 rings (SSSR count). The summed E-state index contributed by atoms with van der Waals surface area (Å²) in [7, 11) is 0. The predicted octanol–water partition coefficient (Wildman–Crippen LogP) is 4.04. The largest absolute Gasteiger partial charge is 0.369 e. The maximum absolute atomic E-state index is 6.20. The Morgan fingerprint density at radius 3 is 2.56 bits per heavy atom. The van der Waals surface area contributed by atoms with Crippen LogP contribution in [0, 0.1) is 5.92 Å². The number of hydrogen-bond acceptors (Lipinski definition) is 2. The molecule has 0 spiro atoms. The fraction of sp³-hybridized carbons (Fsp3) is 0.600. The van der Waals surface area contributed by atoms with Crippen molar-refractivity contribution >= 4 is 15.9 Å². The van der Waals surface area contributed by atoms with Crippen LogP contribution >= 0.6 is 15.9 Å². The summed E-state index contributed by atoms with van der Waals surface area (Å²) in [4.78, 5) is 0. The molecule has 0 amide bonds. The van der Waals surface area contributed by atoms with Crippen molar-refractivity contribution in [1.82, 2.24) is 0 Å². The quantitative estimate of drug-likeness (QED) is 0.910. The first-order chi connectivity index (χ1) is 8.70. The third-order valence-corrected chi connectivity index (χ3v) is 4.51. The summed E-state index contributed by atoms with van der Waals surface area (Å²) in [5.74, 6) is 0.852. The van der Waals surface area contributed by atoms with Crippen molar-refractivity contribution in [2.75, 3.05) is 6.54 Å². The van der Waals surface area contributed by atoms with Gasteiger partial charge in [0.25, 0.3) is 0 Å². The molecule has 1 aliphatic rings. The Labute approximate surface area is 118 Å². The number of hydrogen-bond donors (Lipinski definition) is 1. The number of rotatable bonds is 4. The molecule has 1 aromatic carbocycles. The molecule has 0 radical (unpaired) electrons. The summed E-state index contributed by atoms with van der Waals surface area (Å²) < 4.78 is 7.29. The molecule has 18 heavy (non-hydrogen) atoms. The van der Waals surface area contributed by atoms with E-state index in [-0.39, 0.29) is 6.10 Å². The first kappa shape index (κ1) is 14.0. The lowest BCUT2D eigenvalue weighted by atomic mass is 9.89. The van der Waals surface area contributed by atoms with E-state index in [2.05, 4.69) is 28.9 Å². The molecule has 3 heteroatoms. The summed E-state index contributed by atoms with van der Waals surface area (Å²) in [5.41, 5.74) is 7.04. The maximum Gasteiger partial charge on any atom is 0.0961 e. The molecule has 0 aliphatic heterocycles. The smallest absolute Gasteiger partial charge is 0.0961 e. The van der Waals surface area contributed by atoms with Gasteiger partial charge in [-0.25, -0.2) is 0 Å². The van der Waals surface area contributed by atoms with Crippen LogP contribution in [0.5, 0.6) is 0 Å². The van der Waals surface area contributed by atoms with Gasteiger partial charge in [0.15, 0.2) is 0 Å². The van der Waals surface area contributed by atoms with E-state index in [0.717, 1.165) is 10.4 Å². The van der Waals surface area contributed by atoms with E-state index < -0.39 is 0 Å². The van der Waals surface area contributed by atoms with Crippen LogP contribution in [0.3, 0.4) is 0 Å². The highest BCUT2D eigenvalue weighted by Gasteiger charge is 2.23. The molecule has 1 saturated carbocycles. The predicted molar refractivity (Wildman–Crippen MR) is 78.4 cm³/mol. The standard InChI is InChI=1S/C15H22BrNO/c1-11-6-8-12(9-7-11)18-15(10-17)13-4-2-3-5-14(13)16/h2-5,11-12,15H,6-10,17H2,1H3. The second-order valence-electron chi connectivity index (χ2n) is 5.26. The third kappa shape index (κ3) is 3.56. The Morgan fingerprint density at radius 2 is 1.94 bits per heavy atom. The highest BCUT2D eigenvalue weighted by atomic mass is 79.9. The van der Waals surface area contributed by atoms with E-state index in [4.69, 9.17) is 10.5 Å². The molecule has 1 aromatic rings. The highest BCUT2D eigenvalue weighted by molar-refractivity contribution is 9.10. The number of halogens is 1. The van der Waals surface area contributed by atoms with E-state index in [1.165, 1.54) is 31.2 Å². The molecule has 1 aliphatic carbocycles. The monoisotopic (exact) mass is 311 g/mol. The lowest BCUT2D eigenvalue weighted by molar-refractivity contribution is -0.0330. The van der Waals surface area contributed by atoms with Gasteiger partial charge in [0.05, 0.1) is 12.2 Å². The van der Waals surface area contributed by atoms with Crippen molar-refractivity contribution in [2.24, 2.45) is 11.7 Å². The van der Waals surface area contributed by atoms with Crippen LogP contribution in [0.2, 0.25) is 0 Å². The highest BCUT2D eigenvalue weighted by Crippen LogP contribution is 2.31. The summed E-state index contributed by atoms with van der Waals surface area (Å²) >= 11 is 3.58. The number of ether oxygens (including phenoxy) is 1. The lowest BCUT2D eigenvalue weighted by Gasteiger charge is -2.30. The van der Waals surface area contributed by atoms with Gasteiger partial charge in [-0.2, -0.15) is 0 Å². The zero-order valence-corrected chi connectivity index (χ0v) is 12.5. The first-order valence-electron chi connectivity index (χ1n) is 6.80. The van der Waals surface area contributed by atoms with E-state index in [9.17, 15) is 0 Å². The van der Waals surface area contributed by atoms with E-state index in [0.29, 0.717) is 12.6 Å². The van der Waals surface area contributed by atoms with Gasteiger partial charge in [-0.3, -0.25) is 0 Å². The minimum atomic E-state index is 0.0129. The van der Waals surface area contributed by atoms with Gasteiger partial charge < -0.3 is 10.5 Å². The zero-order valence-electron chi connectivity index (χ0n) is 10.9. The number of benzene rings is 1. The van der Waals surface area contributed by atoms with Gasteiger partial charge in [-0.05, 0) is 43.2 Å². The van der Waals surface area contributed by atoms with Crippen molar-refractivity contribution in [2.45, 2.75) is 44.8 Å². The van der Waals surface area contributed by atoms with Gasteiger partial charge in [0.1, 0.15) is 0 Å². The molecule has 0 aromatic heterocycles. The van der Waals surface area contributed by atoms with Crippen LogP contribution in [-0.2, 0) is 4.74 Å². The van der Waals surface area contributed by atoms with Crippen molar-refractivity contribution in [1.29, 1.82) is 0 Å². The van der Waals surface area contributed by atoms with Crippen molar-refractivity contribution in [3.8, 4) is 0 Å². The van der Waals surface area contributed by atoms with Gasteiger partial charge in [-0.1, -0.05) is 41.1 Å². The lowest BCUT2D eigenvalue weighted by Crippen LogP contribution is -2.26. The SMILES string of the molecule is CC1CCC(OC(CN)c2ccccc2Br)CC1. The Bertz CT molecular complexity index is 375. The van der Waals surface area contributed by atoms with E-state index in [1.54, 1.807) is 0 Å².